The Morgan fingerprint density at radius 3 is 2.96 bits per heavy atom. The van der Waals surface area contributed by atoms with Gasteiger partial charge in [-0.1, -0.05) is 18.2 Å². The van der Waals surface area contributed by atoms with E-state index in [9.17, 15) is 5.11 Å². The fourth-order valence-electron chi connectivity index (χ4n) is 3.14. The molecule has 0 radical (unpaired) electrons. The van der Waals surface area contributed by atoms with Gasteiger partial charge in [0.25, 0.3) is 0 Å². The Hall–Kier alpha value is -2.88. The van der Waals surface area contributed by atoms with E-state index in [2.05, 4.69) is 54.6 Å². The van der Waals surface area contributed by atoms with Crippen LogP contribution in [-0.2, 0) is 13.0 Å². The van der Waals surface area contributed by atoms with E-state index in [4.69, 9.17) is 0 Å². The number of thiazole rings is 2. The molecule has 0 bridgehead atoms. The molecule has 0 aliphatic heterocycles. The highest BCUT2D eigenvalue weighted by molar-refractivity contribution is 7.16. The van der Waals surface area contributed by atoms with Crippen molar-refractivity contribution in [2.75, 3.05) is 11.9 Å². The van der Waals surface area contributed by atoms with Crippen LogP contribution in [0.25, 0.3) is 32.0 Å². The van der Waals surface area contributed by atoms with Crippen molar-refractivity contribution in [3.8, 4) is 10.7 Å². The number of fused-ring (bicyclic) bond motifs is 2. The third-order valence-electron chi connectivity index (χ3n) is 4.47. The fraction of sp³-hybridized carbons (Fsp3) is 0.158. The number of para-hydroxylation sites is 1. The smallest absolute Gasteiger partial charge is 0.174 e. The Labute approximate surface area is 168 Å². The van der Waals surface area contributed by atoms with Gasteiger partial charge in [0.05, 0.1) is 17.0 Å². The number of aromatic amines is 1. The van der Waals surface area contributed by atoms with Gasteiger partial charge < -0.3 is 15.4 Å². The average molecular weight is 409 g/mol. The topological polar surface area (TPSA) is 99.6 Å². The zero-order chi connectivity index (χ0) is 18.9. The molecule has 9 heteroatoms. The summed E-state index contributed by atoms with van der Waals surface area (Å²) >= 11 is 2.88. The lowest BCUT2D eigenvalue weighted by molar-refractivity contribution is 0.281. The molecule has 0 fully saturated rings. The summed E-state index contributed by atoms with van der Waals surface area (Å²) in [5.41, 5.74) is 4.97. The maximum atomic E-state index is 9.26. The van der Waals surface area contributed by atoms with Gasteiger partial charge >= 0.3 is 0 Å². The molecule has 1 aromatic carbocycles. The number of aliphatic hydroxyl groups excluding tert-OH is 1. The van der Waals surface area contributed by atoms with Gasteiger partial charge in [-0.2, -0.15) is 0 Å². The second-order valence-electron chi connectivity index (χ2n) is 6.21. The predicted molar refractivity (Wildman–Crippen MR) is 113 cm³/mol. The lowest BCUT2D eigenvalue weighted by Gasteiger charge is -2.07. The zero-order valence-electron chi connectivity index (χ0n) is 14.7. The van der Waals surface area contributed by atoms with Crippen molar-refractivity contribution >= 4 is 49.7 Å². The summed E-state index contributed by atoms with van der Waals surface area (Å²) in [7, 11) is 0. The Morgan fingerprint density at radius 1 is 1.14 bits per heavy atom. The molecule has 0 saturated carbocycles. The summed E-state index contributed by atoms with van der Waals surface area (Å²) in [6, 6.07) is 8.30. The molecule has 0 spiro atoms. The van der Waals surface area contributed by atoms with Crippen LogP contribution in [0.1, 0.15) is 10.6 Å². The highest BCUT2D eigenvalue weighted by Crippen LogP contribution is 2.29. The Kier molecular flexibility index (Phi) is 4.47. The van der Waals surface area contributed by atoms with Crippen LogP contribution >= 0.6 is 22.7 Å². The van der Waals surface area contributed by atoms with Gasteiger partial charge in [0.15, 0.2) is 11.6 Å². The zero-order valence-corrected chi connectivity index (χ0v) is 16.3. The average Bonchev–Trinajstić information content (AvgIpc) is 3.47. The second-order valence-corrected chi connectivity index (χ2v) is 8.16. The van der Waals surface area contributed by atoms with Crippen LogP contribution in [0.15, 0.2) is 42.2 Å². The molecular formula is C19H16N6OS2. The number of rotatable bonds is 6. The fourth-order valence-corrected chi connectivity index (χ4v) is 4.51. The molecule has 4 heterocycles. The molecule has 4 aromatic heterocycles. The molecule has 3 N–H and O–H groups in total. The van der Waals surface area contributed by atoms with Gasteiger partial charge in [0, 0.05) is 29.8 Å². The molecule has 7 nitrogen and oxygen atoms in total. The summed E-state index contributed by atoms with van der Waals surface area (Å²) in [6.07, 6.45) is 4.63. The van der Waals surface area contributed by atoms with Gasteiger partial charge in [0.1, 0.15) is 15.4 Å². The van der Waals surface area contributed by atoms with Crippen LogP contribution < -0.4 is 5.32 Å². The van der Waals surface area contributed by atoms with Crippen molar-refractivity contribution in [1.82, 2.24) is 24.9 Å². The van der Waals surface area contributed by atoms with Crippen molar-refractivity contribution in [3.05, 3.63) is 52.7 Å². The quantitative estimate of drug-likeness (QED) is 0.395. The minimum atomic E-state index is -0.0802. The Morgan fingerprint density at radius 2 is 2.07 bits per heavy atom. The number of hydrogen-bond acceptors (Lipinski definition) is 8. The molecule has 28 heavy (non-hydrogen) atoms. The summed E-state index contributed by atoms with van der Waals surface area (Å²) in [5.74, 6) is 1.32. The summed E-state index contributed by atoms with van der Waals surface area (Å²) < 4.78 is 0. The van der Waals surface area contributed by atoms with Crippen molar-refractivity contribution in [2.24, 2.45) is 0 Å². The van der Waals surface area contributed by atoms with Gasteiger partial charge in [0.2, 0.25) is 0 Å². The van der Waals surface area contributed by atoms with Gasteiger partial charge in [-0.15, -0.1) is 22.7 Å². The number of benzene rings is 1. The van der Waals surface area contributed by atoms with Gasteiger partial charge in [-0.25, -0.2) is 19.9 Å². The van der Waals surface area contributed by atoms with Crippen molar-refractivity contribution in [3.63, 3.8) is 0 Å². The van der Waals surface area contributed by atoms with E-state index in [0.717, 1.165) is 39.5 Å². The number of aliphatic hydroxyl groups is 1. The Balaban J connectivity index is 1.41. The molecule has 5 aromatic rings. The lowest BCUT2D eigenvalue weighted by atomic mass is 10.1. The van der Waals surface area contributed by atoms with Crippen LogP contribution in [0.4, 0.5) is 5.82 Å². The van der Waals surface area contributed by atoms with E-state index >= 15 is 0 Å². The first kappa shape index (κ1) is 17.2. The first-order valence-electron chi connectivity index (χ1n) is 8.78. The second kappa shape index (κ2) is 7.27. The van der Waals surface area contributed by atoms with Crippen molar-refractivity contribution < 1.29 is 5.11 Å². The van der Waals surface area contributed by atoms with Crippen molar-refractivity contribution in [2.45, 2.75) is 13.0 Å². The van der Waals surface area contributed by atoms with E-state index < -0.39 is 0 Å². The third kappa shape index (κ3) is 3.13. The number of nitrogens with zero attached hydrogens (tertiary/aromatic N) is 4. The maximum Gasteiger partial charge on any atom is 0.174 e. The van der Waals surface area contributed by atoms with E-state index in [1.165, 1.54) is 33.6 Å². The molecule has 0 unspecified atom stereocenters. The monoisotopic (exact) mass is 408 g/mol. The number of nitrogens with one attached hydrogen (secondary N) is 2. The molecule has 0 atom stereocenters. The largest absolute Gasteiger partial charge is 0.389 e. The molecule has 0 aliphatic carbocycles. The highest BCUT2D eigenvalue weighted by atomic mass is 32.1. The van der Waals surface area contributed by atoms with Crippen LogP contribution in [0.3, 0.4) is 0 Å². The molecule has 0 saturated heterocycles. The van der Waals surface area contributed by atoms with E-state index in [-0.39, 0.29) is 6.61 Å². The standard InChI is InChI=1S/C19H16N6OS2/c26-9-15-22-8-14(28-15)17-24-18(16-19(25-17)27-10-23-16)20-6-5-11-7-21-13-4-2-1-3-12(11)13/h1-4,7-8,10,21,26H,5-6,9H2,(H,20,24,25). The van der Waals surface area contributed by atoms with E-state index in [1.54, 1.807) is 11.7 Å². The third-order valence-corrected chi connectivity index (χ3v) is 6.17. The molecule has 140 valence electrons. The molecular weight excluding hydrogens is 392 g/mol. The number of H-pyrrole nitrogens is 1. The number of aromatic nitrogens is 5. The summed E-state index contributed by atoms with van der Waals surface area (Å²) in [6.45, 7) is 0.651. The molecule has 0 amide bonds. The van der Waals surface area contributed by atoms with Crippen LogP contribution in [-0.4, -0.2) is 36.6 Å². The number of anilines is 1. The summed E-state index contributed by atoms with van der Waals surface area (Å²) in [5, 5.41) is 14.6. The van der Waals surface area contributed by atoms with Crippen LogP contribution in [0.2, 0.25) is 0 Å². The first-order chi connectivity index (χ1) is 13.8. The van der Waals surface area contributed by atoms with E-state index in [0.29, 0.717) is 10.8 Å². The van der Waals surface area contributed by atoms with Gasteiger partial charge in [-0.3, -0.25) is 0 Å². The minimum absolute atomic E-state index is 0.0802. The predicted octanol–water partition coefficient (Wildman–Crippen LogP) is 3.84. The number of hydrogen-bond donors (Lipinski definition) is 3. The lowest BCUT2D eigenvalue weighted by Crippen LogP contribution is -2.07. The SMILES string of the molecule is OCc1ncc(-c2nc(NCCc3c[nH]c4ccccc34)c3ncsc3n2)s1. The van der Waals surface area contributed by atoms with Gasteiger partial charge in [-0.05, 0) is 18.1 Å². The van der Waals surface area contributed by atoms with Crippen LogP contribution in [0.5, 0.6) is 0 Å². The highest BCUT2D eigenvalue weighted by Gasteiger charge is 2.14. The normalized spacial score (nSPS) is 11.5. The van der Waals surface area contributed by atoms with E-state index in [1.807, 2.05) is 6.07 Å². The summed E-state index contributed by atoms with van der Waals surface area (Å²) in [4.78, 5) is 22.9. The molecule has 0 aliphatic rings. The molecule has 5 rings (SSSR count). The van der Waals surface area contributed by atoms with Crippen LogP contribution in [0, 0.1) is 0 Å². The first-order valence-corrected chi connectivity index (χ1v) is 10.5. The van der Waals surface area contributed by atoms with Crippen molar-refractivity contribution in [1.29, 1.82) is 0 Å². The Bertz CT molecular complexity index is 1260. The minimum Gasteiger partial charge on any atom is -0.389 e. The maximum absolute atomic E-state index is 9.26.